The Labute approximate surface area is 126 Å². The molecule has 3 aromatic carbocycles. The van der Waals surface area contributed by atoms with Crippen molar-refractivity contribution in [3.8, 4) is 0 Å². The highest BCUT2D eigenvalue weighted by atomic mass is 14.9. The van der Waals surface area contributed by atoms with E-state index in [0.717, 1.165) is 6.54 Å². The SMILES string of the molecule is CCNC(c1ccc(C)cc1)c1cccc2ccccc12. The first-order chi connectivity index (χ1) is 10.3. The smallest absolute Gasteiger partial charge is 0.0582 e. The Hall–Kier alpha value is -2.12. The maximum atomic E-state index is 3.63. The average molecular weight is 275 g/mol. The van der Waals surface area contributed by atoms with Gasteiger partial charge in [-0.3, -0.25) is 0 Å². The summed E-state index contributed by atoms with van der Waals surface area (Å²) in [5.41, 5.74) is 3.96. The minimum atomic E-state index is 0.238. The molecule has 0 radical (unpaired) electrons. The van der Waals surface area contributed by atoms with Crippen LogP contribution in [0.2, 0.25) is 0 Å². The van der Waals surface area contributed by atoms with E-state index in [2.05, 4.69) is 85.9 Å². The quantitative estimate of drug-likeness (QED) is 0.718. The van der Waals surface area contributed by atoms with Crippen LogP contribution in [-0.2, 0) is 0 Å². The van der Waals surface area contributed by atoms with Gasteiger partial charge in [-0.1, -0.05) is 79.2 Å². The monoisotopic (exact) mass is 275 g/mol. The van der Waals surface area contributed by atoms with Gasteiger partial charge in [-0.2, -0.15) is 0 Å². The maximum Gasteiger partial charge on any atom is 0.0582 e. The molecular weight excluding hydrogens is 254 g/mol. The van der Waals surface area contributed by atoms with E-state index in [-0.39, 0.29) is 6.04 Å². The number of rotatable bonds is 4. The second-order valence-electron chi connectivity index (χ2n) is 5.47. The van der Waals surface area contributed by atoms with Gasteiger partial charge in [-0.15, -0.1) is 0 Å². The Bertz CT molecular complexity index is 723. The van der Waals surface area contributed by atoms with E-state index in [1.54, 1.807) is 0 Å². The highest BCUT2D eigenvalue weighted by Crippen LogP contribution is 2.29. The summed E-state index contributed by atoms with van der Waals surface area (Å²) < 4.78 is 0. The minimum absolute atomic E-state index is 0.238. The summed E-state index contributed by atoms with van der Waals surface area (Å²) in [7, 11) is 0. The van der Waals surface area contributed by atoms with Gasteiger partial charge in [0, 0.05) is 0 Å². The third-order valence-corrected chi connectivity index (χ3v) is 3.95. The van der Waals surface area contributed by atoms with Crippen LogP contribution < -0.4 is 5.32 Å². The second-order valence-corrected chi connectivity index (χ2v) is 5.47. The van der Waals surface area contributed by atoms with Gasteiger partial charge in [0.05, 0.1) is 6.04 Å². The molecule has 3 rings (SSSR count). The van der Waals surface area contributed by atoms with E-state index in [1.807, 2.05) is 0 Å². The van der Waals surface area contributed by atoms with Gasteiger partial charge in [0.25, 0.3) is 0 Å². The first-order valence-electron chi connectivity index (χ1n) is 7.57. The summed E-state index contributed by atoms with van der Waals surface area (Å²) >= 11 is 0. The third kappa shape index (κ3) is 2.84. The van der Waals surface area contributed by atoms with Crippen molar-refractivity contribution in [2.75, 3.05) is 6.54 Å². The molecule has 0 heterocycles. The summed E-state index contributed by atoms with van der Waals surface area (Å²) in [6, 6.07) is 24.2. The third-order valence-electron chi connectivity index (χ3n) is 3.95. The van der Waals surface area contributed by atoms with Crippen molar-refractivity contribution in [2.24, 2.45) is 0 Å². The van der Waals surface area contributed by atoms with Crippen LogP contribution in [0.25, 0.3) is 10.8 Å². The van der Waals surface area contributed by atoms with Crippen molar-refractivity contribution in [1.82, 2.24) is 5.32 Å². The molecule has 3 aromatic rings. The molecular formula is C20H21N. The fraction of sp³-hybridized carbons (Fsp3) is 0.200. The molecule has 1 nitrogen and oxygen atoms in total. The van der Waals surface area contributed by atoms with Gasteiger partial charge < -0.3 is 5.32 Å². The van der Waals surface area contributed by atoms with Crippen LogP contribution >= 0.6 is 0 Å². The Morgan fingerprint density at radius 2 is 1.57 bits per heavy atom. The van der Waals surface area contributed by atoms with E-state index in [0.29, 0.717) is 0 Å². The highest BCUT2D eigenvalue weighted by molar-refractivity contribution is 5.86. The molecule has 0 aromatic heterocycles. The highest BCUT2D eigenvalue weighted by Gasteiger charge is 2.15. The zero-order valence-electron chi connectivity index (χ0n) is 12.6. The maximum absolute atomic E-state index is 3.63. The van der Waals surface area contributed by atoms with Crippen LogP contribution in [0.15, 0.2) is 66.7 Å². The predicted molar refractivity (Wildman–Crippen MR) is 90.6 cm³/mol. The van der Waals surface area contributed by atoms with E-state index < -0.39 is 0 Å². The molecule has 1 unspecified atom stereocenters. The van der Waals surface area contributed by atoms with Crippen LogP contribution in [0.5, 0.6) is 0 Å². The van der Waals surface area contributed by atoms with Crippen molar-refractivity contribution in [3.63, 3.8) is 0 Å². The second kappa shape index (κ2) is 6.11. The molecule has 0 saturated carbocycles. The lowest BCUT2D eigenvalue weighted by Crippen LogP contribution is -2.22. The fourth-order valence-electron chi connectivity index (χ4n) is 2.87. The van der Waals surface area contributed by atoms with Crippen molar-refractivity contribution in [3.05, 3.63) is 83.4 Å². The lowest BCUT2D eigenvalue weighted by atomic mass is 9.93. The summed E-state index contributed by atoms with van der Waals surface area (Å²) in [5.74, 6) is 0. The van der Waals surface area contributed by atoms with Crippen molar-refractivity contribution >= 4 is 10.8 Å². The van der Waals surface area contributed by atoms with Crippen LogP contribution in [0.3, 0.4) is 0 Å². The Balaban J connectivity index is 2.13. The number of nitrogens with one attached hydrogen (secondary N) is 1. The van der Waals surface area contributed by atoms with Gasteiger partial charge >= 0.3 is 0 Å². The number of aryl methyl sites for hydroxylation is 1. The van der Waals surface area contributed by atoms with Gasteiger partial charge in [-0.25, -0.2) is 0 Å². The molecule has 0 fully saturated rings. The predicted octanol–water partition coefficient (Wildman–Crippen LogP) is 4.85. The number of hydrogen-bond donors (Lipinski definition) is 1. The molecule has 0 bridgehead atoms. The van der Waals surface area contributed by atoms with E-state index >= 15 is 0 Å². The molecule has 0 aliphatic rings. The molecule has 106 valence electrons. The lowest BCUT2D eigenvalue weighted by molar-refractivity contribution is 0.634. The summed E-state index contributed by atoms with van der Waals surface area (Å²) in [4.78, 5) is 0. The van der Waals surface area contributed by atoms with Gasteiger partial charge in [-0.05, 0) is 35.4 Å². The summed E-state index contributed by atoms with van der Waals surface area (Å²) in [5, 5.41) is 6.25. The Morgan fingerprint density at radius 1 is 0.857 bits per heavy atom. The lowest BCUT2D eigenvalue weighted by Gasteiger charge is -2.21. The van der Waals surface area contributed by atoms with Crippen LogP contribution in [-0.4, -0.2) is 6.54 Å². The number of fused-ring (bicyclic) bond motifs is 1. The van der Waals surface area contributed by atoms with Gasteiger partial charge in [0.15, 0.2) is 0 Å². The molecule has 1 atom stereocenters. The van der Waals surface area contributed by atoms with Crippen molar-refractivity contribution < 1.29 is 0 Å². The number of hydrogen-bond acceptors (Lipinski definition) is 1. The minimum Gasteiger partial charge on any atom is -0.307 e. The van der Waals surface area contributed by atoms with Crippen LogP contribution in [0.4, 0.5) is 0 Å². The van der Waals surface area contributed by atoms with Gasteiger partial charge in [0.2, 0.25) is 0 Å². The zero-order valence-corrected chi connectivity index (χ0v) is 12.6. The van der Waals surface area contributed by atoms with Crippen LogP contribution in [0, 0.1) is 6.92 Å². The molecule has 0 aliphatic heterocycles. The number of benzene rings is 3. The zero-order chi connectivity index (χ0) is 14.7. The molecule has 21 heavy (non-hydrogen) atoms. The summed E-state index contributed by atoms with van der Waals surface area (Å²) in [6.07, 6.45) is 0. The first kappa shape index (κ1) is 13.8. The Morgan fingerprint density at radius 3 is 2.33 bits per heavy atom. The fourth-order valence-corrected chi connectivity index (χ4v) is 2.87. The molecule has 0 saturated heterocycles. The topological polar surface area (TPSA) is 12.0 Å². The van der Waals surface area contributed by atoms with E-state index in [1.165, 1.54) is 27.5 Å². The normalized spacial score (nSPS) is 12.5. The Kier molecular flexibility index (Phi) is 4.03. The van der Waals surface area contributed by atoms with Crippen LogP contribution in [0.1, 0.15) is 29.7 Å². The van der Waals surface area contributed by atoms with Crippen molar-refractivity contribution in [1.29, 1.82) is 0 Å². The summed E-state index contributed by atoms with van der Waals surface area (Å²) in [6.45, 7) is 5.23. The largest absolute Gasteiger partial charge is 0.307 e. The standard InChI is InChI=1S/C20H21N/c1-3-21-20(17-13-11-15(2)12-14-17)19-10-6-8-16-7-4-5-9-18(16)19/h4-14,20-21H,3H2,1-2H3. The van der Waals surface area contributed by atoms with E-state index in [9.17, 15) is 0 Å². The molecule has 1 heteroatoms. The average Bonchev–Trinajstić information content (AvgIpc) is 2.53. The van der Waals surface area contributed by atoms with E-state index in [4.69, 9.17) is 0 Å². The molecule has 0 amide bonds. The molecule has 0 spiro atoms. The van der Waals surface area contributed by atoms with Gasteiger partial charge in [0.1, 0.15) is 0 Å². The first-order valence-corrected chi connectivity index (χ1v) is 7.57. The molecule has 0 aliphatic carbocycles. The van der Waals surface area contributed by atoms with Crippen molar-refractivity contribution in [2.45, 2.75) is 19.9 Å². The molecule has 1 N–H and O–H groups in total.